The Morgan fingerprint density at radius 3 is 2.71 bits per heavy atom. The summed E-state index contributed by atoms with van der Waals surface area (Å²) in [6.45, 7) is 0. The van der Waals surface area contributed by atoms with Crippen molar-refractivity contribution in [2.45, 2.75) is 0 Å². The van der Waals surface area contributed by atoms with Crippen LogP contribution in [-0.4, -0.2) is 9.55 Å². The van der Waals surface area contributed by atoms with Gasteiger partial charge in [-0.05, 0) is 30.4 Å². The van der Waals surface area contributed by atoms with Crippen LogP contribution in [0.4, 0.5) is 11.5 Å². The first-order valence-corrected chi connectivity index (χ1v) is 5.45. The van der Waals surface area contributed by atoms with Crippen LogP contribution >= 0.6 is 23.8 Å². The number of benzene rings is 1. The van der Waals surface area contributed by atoms with Gasteiger partial charge in [-0.2, -0.15) is 0 Å². The zero-order valence-corrected chi connectivity index (χ0v) is 10.2. The molecule has 0 bridgehead atoms. The third kappa shape index (κ3) is 2.04. The molecule has 88 valence electrons. The lowest BCUT2D eigenvalue weighted by Gasteiger charge is -2.11. The topological polar surface area (TPSA) is 89.8 Å². The highest BCUT2D eigenvalue weighted by atomic mass is 35.5. The number of aromatic amines is 1. The monoisotopic (exact) mass is 268 g/mol. The molecule has 1 heterocycles. The van der Waals surface area contributed by atoms with Crippen LogP contribution in [0.1, 0.15) is 0 Å². The van der Waals surface area contributed by atoms with E-state index in [0.29, 0.717) is 10.7 Å². The van der Waals surface area contributed by atoms with Crippen molar-refractivity contribution in [3.05, 3.63) is 44.4 Å². The minimum absolute atomic E-state index is 0.0708. The molecule has 2 rings (SSSR count). The van der Waals surface area contributed by atoms with Crippen LogP contribution in [0.3, 0.4) is 0 Å². The molecule has 0 saturated heterocycles. The van der Waals surface area contributed by atoms with E-state index in [1.165, 1.54) is 4.57 Å². The Kier molecular flexibility index (Phi) is 2.91. The quantitative estimate of drug-likeness (QED) is 0.687. The van der Waals surface area contributed by atoms with Crippen LogP contribution < -0.4 is 17.0 Å². The van der Waals surface area contributed by atoms with Gasteiger partial charge < -0.3 is 11.5 Å². The molecule has 0 atom stereocenters. The molecule has 7 heteroatoms. The standard InChI is InChI=1S/C10H9ClN4OS/c11-5-2-1-3-6(4-5)15-8(13)7(12)9(16)14-10(15)17/h1-4H,12-13H2,(H,14,16,17). The van der Waals surface area contributed by atoms with E-state index in [1.807, 2.05) is 0 Å². The van der Waals surface area contributed by atoms with Gasteiger partial charge in [-0.15, -0.1) is 0 Å². The number of H-pyrrole nitrogens is 1. The van der Waals surface area contributed by atoms with Crippen molar-refractivity contribution in [1.82, 2.24) is 9.55 Å². The highest BCUT2D eigenvalue weighted by Gasteiger charge is 2.08. The summed E-state index contributed by atoms with van der Waals surface area (Å²) in [5.41, 5.74) is 11.4. The summed E-state index contributed by atoms with van der Waals surface area (Å²) in [5.74, 6) is 0.0982. The molecule has 2 aromatic rings. The maximum absolute atomic E-state index is 11.3. The van der Waals surface area contributed by atoms with E-state index in [1.54, 1.807) is 24.3 Å². The SMILES string of the molecule is Nc1c(N)n(-c2cccc(Cl)c2)c(=S)[nH]c1=O. The summed E-state index contributed by atoms with van der Waals surface area (Å²) < 4.78 is 1.63. The van der Waals surface area contributed by atoms with Gasteiger partial charge in [0.25, 0.3) is 5.56 Å². The molecule has 0 spiro atoms. The Labute approximate surface area is 107 Å². The first kappa shape index (κ1) is 11.7. The van der Waals surface area contributed by atoms with Crippen LogP contribution in [0.2, 0.25) is 5.02 Å². The molecule has 0 radical (unpaired) electrons. The smallest absolute Gasteiger partial charge is 0.277 e. The lowest BCUT2D eigenvalue weighted by molar-refractivity contribution is 0.955. The number of nitrogens with zero attached hydrogens (tertiary/aromatic N) is 1. The van der Waals surface area contributed by atoms with Crippen molar-refractivity contribution < 1.29 is 0 Å². The van der Waals surface area contributed by atoms with Gasteiger partial charge in [0.2, 0.25) is 0 Å². The maximum Gasteiger partial charge on any atom is 0.277 e. The maximum atomic E-state index is 11.3. The van der Waals surface area contributed by atoms with Crippen molar-refractivity contribution >= 4 is 35.3 Å². The Balaban J connectivity index is 2.81. The average Bonchev–Trinajstić information content (AvgIpc) is 2.26. The highest BCUT2D eigenvalue weighted by Crippen LogP contribution is 2.19. The summed E-state index contributed by atoms with van der Waals surface area (Å²) in [6.07, 6.45) is 0. The van der Waals surface area contributed by atoms with E-state index in [9.17, 15) is 4.79 Å². The summed E-state index contributed by atoms with van der Waals surface area (Å²) >= 11 is 10.9. The van der Waals surface area contributed by atoms with Gasteiger partial charge in [-0.3, -0.25) is 14.3 Å². The molecule has 0 aliphatic heterocycles. The van der Waals surface area contributed by atoms with E-state index >= 15 is 0 Å². The lowest BCUT2D eigenvalue weighted by Crippen LogP contribution is -2.20. The molecule has 5 N–H and O–H groups in total. The van der Waals surface area contributed by atoms with E-state index in [0.717, 1.165) is 0 Å². The molecule has 0 fully saturated rings. The van der Waals surface area contributed by atoms with E-state index < -0.39 is 5.56 Å². The molecular weight excluding hydrogens is 260 g/mol. The van der Waals surface area contributed by atoms with Crippen LogP contribution in [-0.2, 0) is 0 Å². The predicted molar refractivity (Wildman–Crippen MR) is 71.1 cm³/mol. The molecule has 0 aliphatic rings. The zero-order chi connectivity index (χ0) is 12.6. The van der Waals surface area contributed by atoms with Gasteiger partial charge in [0.15, 0.2) is 4.77 Å². The van der Waals surface area contributed by atoms with Crippen molar-refractivity contribution in [1.29, 1.82) is 0 Å². The normalized spacial score (nSPS) is 10.4. The van der Waals surface area contributed by atoms with Gasteiger partial charge in [-0.1, -0.05) is 17.7 Å². The fourth-order valence-electron chi connectivity index (χ4n) is 1.44. The molecular formula is C10H9ClN4OS. The zero-order valence-electron chi connectivity index (χ0n) is 8.61. The van der Waals surface area contributed by atoms with Gasteiger partial charge in [0.05, 0.1) is 5.69 Å². The second-order valence-corrected chi connectivity index (χ2v) is 4.20. The first-order chi connectivity index (χ1) is 8.00. The Bertz CT molecular complexity index is 691. The number of halogens is 1. The number of aromatic nitrogens is 2. The molecule has 0 saturated carbocycles. The minimum atomic E-state index is -0.495. The number of nitrogens with two attached hydrogens (primary N) is 2. The van der Waals surface area contributed by atoms with Crippen molar-refractivity contribution in [3.63, 3.8) is 0 Å². The van der Waals surface area contributed by atoms with Crippen LogP contribution in [0, 0.1) is 4.77 Å². The van der Waals surface area contributed by atoms with E-state index in [4.69, 9.17) is 35.3 Å². The highest BCUT2D eigenvalue weighted by molar-refractivity contribution is 7.71. The van der Waals surface area contributed by atoms with Crippen molar-refractivity contribution in [3.8, 4) is 5.69 Å². The van der Waals surface area contributed by atoms with Gasteiger partial charge >= 0.3 is 0 Å². The van der Waals surface area contributed by atoms with Gasteiger partial charge in [0.1, 0.15) is 11.5 Å². The fraction of sp³-hybridized carbons (Fsp3) is 0. The van der Waals surface area contributed by atoms with E-state index in [-0.39, 0.29) is 16.3 Å². The molecule has 1 aromatic carbocycles. The number of hydrogen-bond donors (Lipinski definition) is 3. The predicted octanol–water partition coefficient (Wildman–Crippen LogP) is 1.71. The fourth-order valence-corrected chi connectivity index (χ4v) is 1.92. The van der Waals surface area contributed by atoms with Crippen molar-refractivity contribution in [2.24, 2.45) is 0 Å². The van der Waals surface area contributed by atoms with Crippen LogP contribution in [0.15, 0.2) is 29.1 Å². The average molecular weight is 269 g/mol. The number of anilines is 2. The summed E-state index contributed by atoms with van der Waals surface area (Å²) in [7, 11) is 0. The summed E-state index contributed by atoms with van der Waals surface area (Å²) in [6, 6.07) is 6.90. The molecule has 5 nitrogen and oxygen atoms in total. The van der Waals surface area contributed by atoms with Gasteiger partial charge in [0, 0.05) is 5.02 Å². The van der Waals surface area contributed by atoms with Crippen LogP contribution in [0.25, 0.3) is 5.69 Å². The molecule has 1 aromatic heterocycles. The number of rotatable bonds is 1. The Hall–Kier alpha value is -1.79. The molecule has 0 amide bonds. The first-order valence-electron chi connectivity index (χ1n) is 4.67. The lowest BCUT2D eigenvalue weighted by atomic mass is 10.3. The van der Waals surface area contributed by atoms with E-state index in [2.05, 4.69) is 4.98 Å². The summed E-state index contributed by atoms with van der Waals surface area (Å²) in [5, 5.41) is 0.536. The number of hydrogen-bond acceptors (Lipinski definition) is 4. The second kappa shape index (κ2) is 4.23. The van der Waals surface area contributed by atoms with Crippen LogP contribution in [0.5, 0.6) is 0 Å². The number of nitrogen functional groups attached to an aromatic ring is 2. The Morgan fingerprint density at radius 2 is 2.06 bits per heavy atom. The Morgan fingerprint density at radius 1 is 1.35 bits per heavy atom. The minimum Gasteiger partial charge on any atom is -0.391 e. The molecule has 0 aliphatic carbocycles. The third-order valence-electron chi connectivity index (χ3n) is 2.25. The third-order valence-corrected chi connectivity index (χ3v) is 2.77. The molecule has 0 unspecified atom stereocenters. The largest absolute Gasteiger partial charge is 0.391 e. The van der Waals surface area contributed by atoms with Crippen molar-refractivity contribution in [2.75, 3.05) is 11.5 Å². The summed E-state index contributed by atoms with van der Waals surface area (Å²) in [4.78, 5) is 13.8. The number of nitrogens with one attached hydrogen (secondary N) is 1. The van der Waals surface area contributed by atoms with Gasteiger partial charge in [-0.25, -0.2) is 0 Å². The second-order valence-electron chi connectivity index (χ2n) is 3.37. The molecule has 17 heavy (non-hydrogen) atoms.